The van der Waals surface area contributed by atoms with Gasteiger partial charge in [0.05, 0.1) is 12.3 Å². The number of ether oxygens (including phenoxy) is 2. The van der Waals surface area contributed by atoms with Gasteiger partial charge in [0, 0.05) is 24.1 Å². The Morgan fingerprint density at radius 2 is 2.32 bits per heavy atom. The number of rotatable bonds is 4. The Kier molecular flexibility index (Phi) is 4.49. The van der Waals surface area contributed by atoms with Gasteiger partial charge in [0.25, 0.3) is 5.91 Å². The lowest BCUT2D eigenvalue weighted by Gasteiger charge is -2.29. The Morgan fingerprint density at radius 1 is 1.45 bits per heavy atom. The maximum absolute atomic E-state index is 12.1. The van der Waals surface area contributed by atoms with Gasteiger partial charge in [0.1, 0.15) is 12.3 Å². The summed E-state index contributed by atoms with van der Waals surface area (Å²) in [4.78, 5) is 25.5. The molecule has 2 aliphatic heterocycles. The summed E-state index contributed by atoms with van der Waals surface area (Å²) in [5, 5.41) is 3.34. The molecule has 0 aromatic heterocycles. The first-order chi connectivity index (χ1) is 10.6. The highest BCUT2D eigenvalue weighted by Crippen LogP contribution is 2.34. The summed E-state index contributed by atoms with van der Waals surface area (Å²) < 4.78 is 10.6. The number of fused-ring (bicyclic) bond motifs is 1. The van der Waals surface area contributed by atoms with Crippen molar-refractivity contribution in [3.8, 4) is 5.75 Å². The molecule has 1 aromatic rings. The average molecular weight is 325 g/mol. The highest BCUT2D eigenvalue weighted by Gasteiger charge is 2.27. The number of anilines is 1. The third-order valence-electron chi connectivity index (χ3n) is 3.78. The number of nitrogens with zero attached hydrogens (tertiary/aromatic N) is 1. The summed E-state index contributed by atoms with van der Waals surface area (Å²) in [6.07, 6.45) is 0.954. The number of nitrogens with one attached hydrogen (secondary N) is 1. The quantitative estimate of drug-likeness (QED) is 0.904. The first-order valence-corrected chi connectivity index (χ1v) is 7.58. The van der Waals surface area contributed by atoms with Crippen molar-refractivity contribution in [1.29, 1.82) is 0 Å². The van der Waals surface area contributed by atoms with E-state index in [1.54, 1.807) is 18.2 Å². The highest BCUT2D eigenvalue weighted by molar-refractivity contribution is 6.31. The molecule has 7 heteroatoms. The van der Waals surface area contributed by atoms with Crippen LogP contribution >= 0.6 is 11.6 Å². The van der Waals surface area contributed by atoms with Crippen LogP contribution in [0.3, 0.4) is 0 Å². The molecule has 1 aromatic carbocycles. The van der Waals surface area contributed by atoms with Crippen LogP contribution in [0.2, 0.25) is 5.02 Å². The van der Waals surface area contributed by atoms with E-state index < -0.39 is 0 Å². The minimum absolute atomic E-state index is 0.0386. The molecule has 22 heavy (non-hydrogen) atoms. The third kappa shape index (κ3) is 3.34. The van der Waals surface area contributed by atoms with E-state index in [1.807, 2.05) is 0 Å². The molecule has 0 saturated carbocycles. The van der Waals surface area contributed by atoms with Crippen LogP contribution in [0.15, 0.2) is 18.2 Å². The molecule has 118 valence electrons. The van der Waals surface area contributed by atoms with Crippen molar-refractivity contribution in [1.82, 2.24) is 5.32 Å². The number of benzene rings is 1. The van der Waals surface area contributed by atoms with Crippen LogP contribution in [-0.4, -0.2) is 44.7 Å². The molecule has 1 atom stereocenters. The molecule has 2 aliphatic rings. The minimum atomic E-state index is -0.255. The van der Waals surface area contributed by atoms with Crippen LogP contribution in [0.25, 0.3) is 0 Å². The van der Waals surface area contributed by atoms with Gasteiger partial charge in [-0.25, -0.2) is 0 Å². The Balaban J connectivity index is 1.64. The molecule has 1 saturated heterocycles. The zero-order valence-electron chi connectivity index (χ0n) is 12.0. The molecule has 2 amide bonds. The number of carbonyl (C=O) groups excluding carboxylic acids is 2. The van der Waals surface area contributed by atoms with E-state index in [9.17, 15) is 9.59 Å². The summed E-state index contributed by atoms with van der Waals surface area (Å²) >= 11 is 5.97. The van der Waals surface area contributed by atoms with E-state index in [-0.39, 0.29) is 25.0 Å². The van der Waals surface area contributed by atoms with Crippen molar-refractivity contribution in [2.24, 2.45) is 5.92 Å². The van der Waals surface area contributed by atoms with Gasteiger partial charge in [0.2, 0.25) is 5.91 Å². The van der Waals surface area contributed by atoms with Gasteiger partial charge in [-0.2, -0.15) is 0 Å². The molecule has 2 heterocycles. The Morgan fingerprint density at radius 3 is 3.09 bits per heavy atom. The molecule has 0 bridgehead atoms. The second-order valence-electron chi connectivity index (χ2n) is 5.41. The van der Waals surface area contributed by atoms with Crippen LogP contribution in [0, 0.1) is 5.92 Å². The van der Waals surface area contributed by atoms with Crippen molar-refractivity contribution in [2.45, 2.75) is 6.42 Å². The van der Waals surface area contributed by atoms with Crippen molar-refractivity contribution in [3.05, 3.63) is 23.2 Å². The fourth-order valence-electron chi connectivity index (χ4n) is 2.55. The molecule has 0 radical (unpaired) electrons. The van der Waals surface area contributed by atoms with Gasteiger partial charge in [-0.1, -0.05) is 11.6 Å². The zero-order chi connectivity index (χ0) is 15.5. The molecule has 0 unspecified atom stereocenters. The van der Waals surface area contributed by atoms with E-state index in [0.717, 1.165) is 13.0 Å². The topological polar surface area (TPSA) is 67.9 Å². The van der Waals surface area contributed by atoms with Crippen molar-refractivity contribution in [3.63, 3.8) is 0 Å². The summed E-state index contributed by atoms with van der Waals surface area (Å²) in [5.74, 6) is 0.453. The predicted molar refractivity (Wildman–Crippen MR) is 81.2 cm³/mol. The fraction of sp³-hybridized carbons (Fsp3) is 0.467. The molecule has 0 spiro atoms. The van der Waals surface area contributed by atoms with Gasteiger partial charge in [-0.15, -0.1) is 0 Å². The second kappa shape index (κ2) is 6.54. The maximum atomic E-state index is 12.1. The van der Waals surface area contributed by atoms with E-state index in [1.165, 1.54) is 4.90 Å². The molecular weight excluding hydrogens is 308 g/mol. The standard InChI is InChI=1S/C15H17ClN2O4/c16-11-1-2-13-12(5-11)18(15(20)9-22-13)7-14(19)17-6-10-3-4-21-8-10/h1-2,5,10H,3-4,6-9H2,(H,17,19)/t10-/m1/s1. The van der Waals surface area contributed by atoms with Gasteiger partial charge >= 0.3 is 0 Å². The Bertz CT molecular complexity index is 587. The molecular formula is C15H17ClN2O4. The molecule has 1 fully saturated rings. The third-order valence-corrected chi connectivity index (χ3v) is 4.01. The molecule has 6 nitrogen and oxygen atoms in total. The van der Waals surface area contributed by atoms with Crippen LogP contribution < -0.4 is 15.0 Å². The lowest BCUT2D eigenvalue weighted by molar-refractivity contribution is -0.125. The average Bonchev–Trinajstić information content (AvgIpc) is 3.02. The van der Waals surface area contributed by atoms with Crippen LogP contribution in [0.5, 0.6) is 5.75 Å². The van der Waals surface area contributed by atoms with Crippen molar-refractivity contribution < 1.29 is 19.1 Å². The molecule has 1 N–H and O–H groups in total. The summed E-state index contributed by atoms with van der Waals surface area (Å²) in [6.45, 7) is 1.88. The van der Waals surface area contributed by atoms with E-state index in [0.29, 0.717) is 35.5 Å². The summed E-state index contributed by atoms with van der Waals surface area (Å²) in [5.41, 5.74) is 0.531. The monoisotopic (exact) mass is 324 g/mol. The van der Waals surface area contributed by atoms with Gasteiger partial charge in [-0.05, 0) is 24.6 Å². The maximum Gasteiger partial charge on any atom is 0.265 e. The Hall–Kier alpha value is -1.79. The molecule has 3 rings (SSSR count). The van der Waals surface area contributed by atoms with Gasteiger partial charge in [0.15, 0.2) is 6.61 Å². The minimum Gasteiger partial charge on any atom is -0.482 e. The highest BCUT2D eigenvalue weighted by atomic mass is 35.5. The summed E-state index contributed by atoms with van der Waals surface area (Å²) in [6, 6.07) is 5.02. The van der Waals surface area contributed by atoms with Gasteiger partial charge < -0.3 is 14.8 Å². The second-order valence-corrected chi connectivity index (χ2v) is 5.85. The van der Waals surface area contributed by atoms with Gasteiger partial charge in [-0.3, -0.25) is 14.5 Å². The van der Waals surface area contributed by atoms with Crippen LogP contribution in [0.4, 0.5) is 5.69 Å². The fourth-order valence-corrected chi connectivity index (χ4v) is 2.72. The van der Waals surface area contributed by atoms with Crippen molar-refractivity contribution in [2.75, 3.05) is 37.8 Å². The molecule has 0 aliphatic carbocycles. The van der Waals surface area contributed by atoms with Crippen LogP contribution in [-0.2, 0) is 14.3 Å². The first kappa shape index (κ1) is 15.1. The number of hydrogen-bond acceptors (Lipinski definition) is 4. The smallest absolute Gasteiger partial charge is 0.265 e. The van der Waals surface area contributed by atoms with E-state index >= 15 is 0 Å². The largest absolute Gasteiger partial charge is 0.482 e. The Labute approximate surface area is 133 Å². The lowest BCUT2D eigenvalue weighted by atomic mass is 10.1. The number of halogens is 1. The SMILES string of the molecule is O=C(CN1C(=O)COc2ccc(Cl)cc21)NC[C@H]1CCOC1. The van der Waals surface area contributed by atoms with Crippen LogP contribution in [0.1, 0.15) is 6.42 Å². The number of carbonyl (C=O) groups is 2. The predicted octanol–water partition coefficient (Wildman–Crippen LogP) is 1.22. The normalized spacial score (nSPS) is 20.5. The first-order valence-electron chi connectivity index (χ1n) is 7.20. The number of hydrogen-bond donors (Lipinski definition) is 1. The van der Waals surface area contributed by atoms with E-state index in [4.69, 9.17) is 21.1 Å². The lowest BCUT2D eigenvalue weighted by Crippen LogP contribution is -2.45. The van der Waals surface area contributed by atoms with Crippen molar-refractivity contribution >= 4 is 29.1 Å². The zero-order valence-corrected chi connectivity index (χ0v) is 12.8. The number of amides is 2. The summed E-state index contributed by atoms with van der Waals surface area (Å²) in [7, 11) is 0. The van der Waals surface area contributed by atoms with E-state index in [2.05, 4.69) is 5.32 Å².